The van der Waals surface area contributed by atoms with Crippen molar-refractivity contribution in [2.75, 3.05) is 26.7 Å². The number of ether oxygens (including phenoxy) is 1. The number of carbonyl (C=O) groups excluding carboxylic acids is 1. The molecule has 0 bridgehead atoms. The van der Waals surface area contributed by atoms with E-state index in [9.17, 15) is 13.2 Å². The molecule has 1 fully saturated rings. The lowest BCUT2D eigenvalue weighted by atomic mass is 9.97. The topological polar surface area (TPSA) is 102 Å². The van der Waals surface area contributed by atoms with Crippen LogP contribution in [0, 0.1) is 5.92 Å². The highest BCUT2D eigenvalue weighted by Gasteiger charge is 2.23. The van der Waals surface area contributed by atoms with Gasteiger partial charge in [0.25, 0.3) is 5.91 Å². The van der Waals surface area contributed by atoms with Gasteiger partial charge < -0.3 is 15.0 Å². The molecular weight excluding hydrogens is 342 g/mol. The fourth-order valence-corrected chi connectivity index (χ4v) is 3.65. The summed E-state index contributed by atoms with van der Waals surface area (Å²) in [6.07, 6.45) is 2.18. The number of nitrogens with two attached hydrogens (primary N) is 1. The summed E-state index contributed by atoms with van der Waals surface area (Å²) in [5.74, 6) is 0.342. The van der Waals surface area contributed by atoms with E-state index in [1.165, 1.54) is 25.3 Å². The number of hydrogen-bond acceptors (Lipinski definition) is 5. The van der Waals surface area contributed by atoms with Gasteiger partial charge in [-0.3, -0.25) is 4.79 Å². The third-order valence-electron chi connectivity index (χ3n) is 4.58. The summed E-state index contributed by atoms with van der Waals surface area (Å²) >= 11 is 0. The van der Waals surface area contributed by atoms with Crippen molar-refractivity contribution < 1.29 is 17.9 Å². The summed E-state index contributed by atoms with van der Waals surface area (Å²) in [6, 6.07) is 4.51. The van der Waals surface area contributed by atoms with Gasteiger partial charge in [-0.15, -0.1) is 0 Å². The highest BCUT2D eigenvalue weighted by Crippen LogP contribution is 2.22. The number of rotatable bonds is 6. The van der Waals surface area contributed by atoms with E-state index in [4.69, 9.17) is 9.88 Å². The number of piperidine rings is 1. The molecule has 25 heavy (non-hydrogen) atoms. The Morgan fingerprint density at radius 1 is 1.44 bits per heavy atom. The fraction of sp³-hybridized carbons (Fsp3) is 0.588. The summed E-state index contributed by atoms with van der Waals surface area (Å²) in [4.78, 5) is 14.8. The number of nitrogens with one attached hydrogen (secondary N) is 1. The highest BCUT2D eigenvalue weighted by molar-refractivity contribution is 7.89. The van der Waals surface area contributed by atoms with Crippen LogP contribution in [0.1, 0.15) is 37.0 Å². The number of likely N-dealkylation sites (tertiary alicyclic amines) is 1. The number of methoxy groups -OCH3 is 1. The van der Waals surface area contributed by atoms with Crippen LogP contribution in [0.15, 0.2) is 23.1 Å². The molecule has 0 aliphatic carbocycles. The molecule has 1 saturated heterocycles. The number of hydrogen-bond donors (Lipinski definition) is 2. The second kappa shape index (κ2) is 8.16. The third-order valence-corrected chi connectivity index (χ3v) is 5.49. The van der Waals surface area contributed by atoms with Crippen LogP contribution in [0.5, 0.6) is 5.75 Å². The van der Waals surface area contributed by atoms with Crippen molar-refractivity contribution in [3.63, 3.8) is 0 Å². The lowest BCUT2D eigenvalue weighted by molar-refractivity contribution is 0.0919. The van der Waals surface area contributed by atoms with E-state index in [0.717, 1.165) is 25.9 Å². The zero-order valence-corrected chi connectivity index (χ0v) is 15.8. The Morgan fingerprint density at radius 2 is 2.16 bits per heavy atom. The van der Waals surface area contributed by atoms with Gasteiger partial charge in [-0.2, -0.15) is 0 Å². The van der Waals surface area contributed by atoms with Gasteiger partial charge in [0.15, 0.2) is 0 Å². The highest BCUT2D eigenvalue weighted by atomic mass is 32.2. The zero-order valence-electron chi connectivity index (χ0n) is 15.0. The molecule has 1 aromatic carbocycles. The van der Waals surface area contributed by atoms with Gasteiger partial charge in [0.05, 0.1) is 17.6 Å². The number of amides is 1. The Hall–Kier alpha value is -1.64. The Kier molecular flexibility index (Phi) is 6.42. The molecule has 3 N–H and O–H groups in total. The molecule has 140 valence electrons. The number of sulfonamides is 1. The molecule has 0 saturated carbocycles. The number of primary sulfonamides is 1. The van der Waals surface area contributed by atoms with Crippen LogP contribution in [-0.4, -0.2) is 52.0 Å². The van der Waals surface area contributed by atoms with E-state index in [0.29, 0.717) is 24.3 Å². The molecule has 1 aliphatic heterocycles. The maximum Gasteiger partial charge on any atom is 0.255 e. The van der Waals surface area contributed by atoms with E-state index in [-0.39, 0.29) is 16.4 Å². The first kappa shape index (κ1) is 19.7. The van der Waals surface area contributed by atoms with Crippen LogP contribution >= 0.6 is 0 Å². The zero-order chi connectivity index (χ0) is 18.6. The predicted octanol–water partition coefficient (Wildman–Crippen LogP) is 1.19. The molecule has 0 aromatic heterocycles. The van der Waals surface area contributed by atoms with E-state index >= 15 is 0 Å². The van der Waals surface area contributed by atoms with Crippen molar-refractivity contribution in [1.82, 2.24) is 10.2 Å². The van der Waals surface area contributed by atoms with E-state index < -0.39 is 10.0 Å². The first-order valence-electron chi connectivity index (χ1n) is 8.45. The minimum Gasteiger partial charge on any atom is -0.496 e. The van der Waals surface area contributed by atoms with Crippen LogP contribution in [0.25, 0.3) is 0 Å². The van der Waals surface area contributed by atoms with Crippen LogP contribution in [-0.2, 0) is 10.0 Å². The SMILES string of the molecule is COc1ccc(S(N)(=O)=O)cc1C(=O)NCC1CCCN(C(C)C)C1. The Balaban J connectivity index is 2.07. The second-order valence-electron chi connectivity index (χ2n) is 6.71. The molecule has 1 unspecified atom stereocenters. The average Bonchev–Trinajstić information content (AvgIpc) is 2.58. The van der Waals surface area contributed by atoms with E-state index in [2.05, 4.69) is 24.1 Å². The summed E-state index contributed by atoms with van der Waals surface area (Å²) < 4.78 is 28.2. The minimum atomic E-state index is -3.88. The van der Waals surface area contributed by atoms with Crippen molar-refractivity contribution in [2.45, 2.75) is 37.6 Å². The Bertz CT molecular complexity index is 719. The first-order chi connectivity index (χ1) is 11.7. The molecular formula is C17H27N3O4S. The van der Waals surface area contributed by atoms with Crippen molar-refractivity contribution >= 4 is 15.9 Å². The Morgan fingerprint density at radius 3 is 2.76 bits per heavy atom. The fourth-order valence-electron chi connectivity index (χ4n) is 3.11. The maximum atomic E-state index is 12.5. The number of carbonyl (C=O) groups is 1. The van der Waals surface area contributed by atoms with Gasteiger partial charge in [0, 0.05) is 19.1 Å². The molecule has 1 amide bonds. The molecule has 7 nitrogen and oxygen atoms in total. The standard InChI is InChI=1S/C17H27N3O4S/c1-12(2)20-8-4-5-13(11-20)10-19-17(21)15-9-14(25(18,22)23)6-7-16(15)24-3/h6-7,9,12-13H,4-5,8,10-11H2,1-3H3,(H,19,21)(H2,18,22,23). The summed E-state index contributed by atoms with van der Waals surface area (Å²) in [7, 11) is -2.44. The molecule has 1 aliphatic rings. The van der Waals surface area contributed by atoms with Crippen molar-refractivity contribution in [2.24, 2.45) is 11.1 Å². The third kappa shape index (κ3) is 5.17. The lowest BCUT2D eigenvalue weighted by Gasteiger charge is -2.35. The van der Waals surface area contributed by atoms with Crippen LogP contribution in [0.3, 0.4) is 0 Å². The van der Waals surface area contributed by atoms with Crippen molar-refractivity contribution in [3.05, 3.63) is 23.8 Å². The van der Waals surface area contributed by atoms with Gasteiger partial charge in [0.2, 0.25) is 10.0 Å². The maximum absolute atomic E-state index is 12.5. The minimum absolute atomic E-state index is 0.109. The largest absolute Gasteiger partial charge is 0.496 e. The quantitative estimate of drug-likeness (QED) is 0.784. The molecule has 1 heterocycles. The van der Waals surface area contributed by atoms with E-state index in [1.807, 2.05) is 0 Å². The summed E-state index contributed by atoms with van der Waals surface area (Å²) in [5.41, 5.74) is 0.172. The second-order valence-corrected chi connectivity index (χ2v) is 8.28. The van der Waals surface area contributed by atoms with Crippen LogP contribution in [0.2, 0.25) is 0 Å². The Labute approximate surface area is 149 Å². The smallest absolute Gasteiger partial charge is 0.255 e. The van der Waals surface area contributed by atoms with Crippen LogP contribution in [0.4, 0.5) is 0 Å². The summed E-state index contributed by atoms with van der Waals surface area (Å²) in [6.45, 7) is 6.93. The normalized spacial score (nSPS) is 19.0. The van der Waals surface area contributed by atoms with Gasteiger partial charge in [-0.25, -0.2) is 13.6 Å². The average molecular weight is 369 g/mol. The predicted molar refractivity (Wildman–Crippen MR) is 96.1 cm³/mol. The van der Waals surface area contributed by atoms with Gasteiger partial charge in [0.1, 0.15) is 5.75 Å². The molecule has 0 radical (unpaired) electrons. The first-order valence-corrected chi connectivity index (χ1v) is 10.00. The summed E-state index contributed by atoms with van der Waals surface area (Å²) in [5, 5.41) is 8.05. The van der Waals surface area contributed by atoms with Gasteiger partial charge >= 0.3 is 0 Å². The molecule has 1 aromatic rings. The number of nitrogens with zero attached hydrogens (tertiary/aromatic N) is 1. The van der Waals surface area contributed by atoms with Crippen molar-refractivity contribution in [1.29, 1.82) is 0 Å². The van der Waals surface area contributed by atoms with E-state index in [1.54, 1.807) is 0 Å². The number of benzene rings is 1. The lowest BCUT2D eigenvalue weighted by Crippen LogP contribution is -2.43. The molecule has 2 rings (SSSR count). The molecule has 8 heteroatoms. The molecule has 1 atom stereocenters. The van der Waals surface area contributed by atoms with Crippen molar-refractivity contribution in [3.8, 4) is 5.75 Å². The monoisotopic (exact) mass is 369 g/mol. The molecule has 0 spiro atoms. The van der Waals surface area contributed by atoms with Crippen LogP contribution < -0.4 is 15.2 Å². The van der Waals surface area contributed by atoms with Gasteiger partial charge in [-0.05, 0) is 57.4 Å². The van der Waals surface area contributed by atoms with Gasteiger partial charge in [-0.1, -0.05) is 0 Å².